The highest BCUT2D eigenvalue weighted by Gasteiger charge is 2.49. The second-order valence-electron chi connectivity index (χ2n) is 8.10. The Hall–Kier alpha value is -4.31. The highest BCUT2D eigenvalue weighted by Crippen LogP contribution is 2.45. The molecule has 2 aromatic heterocycles. The number of rotatable bonds is 5. The molecule has 4 aromatic rings. The summed E-state index contributed by atoms with van der Waals surface area (Å²) in [4.78, 5) is 32.5. The number of aliphatic hydroxyl groups is 1. The number of anilines is 1. The van der Waals surface area contributed by atoms with Crippen molar-refractivity contribution >= 4 is 44.1 Å². The molecule has 2 aliphatic rings. The normalized spacial score (nSPS) is 18.7. The number of benzene rings is 2. The van der Waals surface area contributed by atoms with Crippen molar-refractivity contribution in [3.8, 4) is 17.2 Å². The van der Waals surface area contributed by atoms with Crippen LogP contribution in [-0.4, -0.2) is 41.6 Å². The standard InChI is InChI=1S/C26H20N2O7S/c1-2-32-15-6-7-16-20(13-15)36-26(27-16)28-22(18-4-3-9-33-18)21(24(30)25(28)31)23(29)14-5-8-17-19(12-14)35-11-10-34-17/h3-9,12-13,22,29H,2,10-11H2,1H3. The van der Waals surface area contributed by atoms with Crippen molar-refractivity contribution in [1.82, 2.24) is 4.98 Å². The highest BCUT2D eigenvalue weighted by molar-refractivity contribution is 7.22. The molecule has 1 unspecified atom stereocenters. The largest absolute Gasteiger partial charge is 0.507 e. The van der Waals surface area contributed by atoms with E-state index in [4.69, 9.17) is 18.6 Å². The number of fused-ring (bicyclic) bond motifs is 2. The molecule has 6 rings (SSSR count). The molecule has 2 aliphatic heterocycles. The molecule has 1 amide bonds. The third-order valence-corrected chi connectivity index (χ3v) is 6.96. The SMILES string of the molecule is CCOc1ccc2nc(N3C(=O)C(=O)C(=C(O)c4ccc5c(c4)OCCO5)C3c3ccco3)sc2c1. The van der Waals surface area contributed by atoms with Gasteiger partial charge in [0.15, 0.2) is 16.6 Å². The summed E-state index contributed by atoms with van der Waals surface area (Å²) in [7, 11) is 0. The van der Waals surface area contributed by atoms with Gasteiger partial charge in [-0.1, -0.05) is 11.3 Å². The quantitative estimate of drug-likeness (QED) is 0.237. The first-order chi connectivity index (χ1) is 17.5. The first-order valence-electron chi connectivity index (χ1n) is 11.3. The molecule has 1 fully saturated rings. The lowest BCUT2D eigenvalue weighted by Crippen LogP contribution is -2.29. The summed E-state index contributed by atoms with van der Waals surface area (Å²) >= 11 is 1.25. The van der Waals surface area contributed by atoms with Gasteiger partial charge in [0.25, 0.3) is 5.78 Å². The Labute approximate surface area is 209 Å². The predicted octanol–water partition coefficient (Wildman–Crippen LogP) is 4.69. The van der Waals surface area contributed by atoms with Gasteiger partial charge in [0, 0.05) is 5.56 Å². The number of Topliss-reactive ketones (excluding diaryl/α,β-unsaturated/α-hetero) is 1. The van der Waals surface area contributed by atoms with Gasteiger partial charge >= 0.3 is 5.91 Å². The molecule has 0 radical (unpaired) electrons. The molecule has 2 aromatic carbocycles. The van der Waals surface area contributed by atoms with Crippen molar-refractivity contribution in [3.63, 3.8) is 0 Å². The first kappa shape index (κ1) is 22.2. The molecule has 36 heavy (non-hydrogen) atoms. The molecule has 10 heteroatoms. The number of ether oxygens (including phenoxy) is 3. The molecule has 1 saturated heterocycles. The maximum absolute atomic E-state index is 13.3. The fourth-order valence-corrected chi connectivity index (χ4v) is 5.36. The Morgan fingerprint density at radius 2 is 1.97 bits per heavy atom. The zero-order valence-corrected chi connectivity index (χ0v) is 19.9. The van der Waals surface area contributed by atoms with E-state index in [0.717, 1.165) is 4.70 Å². The molecule has 182 valence electrons. The molecular formula is C26H20N2O7S. The van der Waals surface area contributed by atoms with E-state index in [1.165, 1.54) is 22.5 Å². The van der Waals surface area contributed by atoms with Crippen LogP contribution in [-0.2, 0) is 9.59 Å². The van der Waals surface area contributed by atoms with Crippen LogP contribution in [0.1, 0.15) is 24.3 Å². The minimum atomic E-state index is -1.000. The maximum atomic E-state index is 13.3. The summed E-state index contributed by atoms with van der Waals surface area (Å²) in [5.41, 5.74) is 0.880. The maximum Gasteiger partial charge on any atom is 0.302 e. The van der Waals surface area contributed by atoms with E-state index in [2.05, 4.69) is 4.98 Å². The number of hydrogen-bond acceptors (Lipinski definition) is 9. The summed E-state index contributed by atoms with van der Waals surface area (Å²) in [6.45, 7) is 3.21. The lowest BCUT2D eigenvalue weighted by atomic mass is 9.99. The predicted molar refractivity (Wildman–Crippen MR) is 132 cm³/mol. The average molecular weight is 505 g/mol. The van der Waals surface area contributed by atoms with Crippen molar-refractivity contribution in [2.45, 2.75) is 13.0 Å². The van der Waals surface area contributed by atoms with Crippen LogP contribution in [0.2, 0.25) is 0 Å². The number of nitrogens with zero attached hydrogens (tertiary/aromatic N) is 2. The number of furan rings is 1. The number of aliphatic hydroxyl groups excluding tert-OH is 1. The monoisotopic (exact) mass is 504 g/mol. The van der Waals surface area contributed by atoms with Crippen molar-refractivity contribution in [2.75, 3.05) is 24.7 Å². The number of hydrogen-bond donors (Lipinski definition) is 1. The summed E-state index contributed by atoms with van der Waals surface area (Å²) in [5, 5.41) is 11.6. The summed E-state index contributed by atoms with van der Waals surface area (Å²) in [6, 6.07) is 12.6. The first-order valence-corrected chi connectivity index (χ1v) is 12.1. The topological polar surface area (TPSA) is 111 Å². The molecule has 0 aliphatic carbocycles. The third kappa shape index (κ3) is 3.57. The van der Waals surface area contributed by atoms with E-state index in [1.54, 1.807) is 42.5 Å². The number of aromatic nitrogens is 1. The van der Waals surface area contributed by atoms with Crippen LogP contribution in [0.25, 0.3) is 16.0 Å². The Morgan fingerprint density at radius 1 is 1.14 bits per heavy atom. The van der Waals surface area contributed by atoms with Gasteiger partial charge in [0.2, 0.25) is 0 Å². The summed E-state index contributed by atoms with van der Waals surface area (Å²) in [5.74, 6) is 0.0182. The molecule has 0 saturated carbocycles. The van der Waals surface area contributed by atoms with Crippen LogP contribution >= 0.6 is 11.3 Å². The number of carbonyl (C=O) groups is 2. The van der Waals surface area contributed by atoms with Gasteiger partial charge in [-0.25, -0.2) is 4.98 Å². The van der Waals surface area contributed by atoms with Crippen molar-refractivity contribution in [2.24, 2.45) is 0 Å². The minimum Gasteiger partial charge on any atom is -0.507 e. The van der Waals surface area contributed by atoms with Gasteiger partial charge in [-0.2, -0.15) is 0 Å². The van der Waals surface area contributed by atoms with Gasteiger partial charge in [-0.3, -0.25) is 14.5 Å². The number of thiazole rings is 1. The Kier molecular flexibility index (Phi) is 5.37. The minimum absolute atomic E-state index is 0.0964. The zero-order valence-electron chi connectivity index (χ0n) is 19.1. The zero-order chi connectivity index (χ0) is 24.8. The van der Waals surface area contributed by atoms with Crippen LogP contribution in [0.4, 0.5) is 5.13 Å². The Bertz CT molecular complexity index is 1520. The molecule has 4 heterocycles. The van der Waals surface area contributed by atoms with Gasteiger partial charge in [-0.05, 0) is 55.5 Å². The van der Waals surface area contributed by atoms with Gasteiger partial charge in [0.05, 0.1) is 28.7 Å². The fraction of sp³-hybridized carbons (Fsp3) is 0.192. The lowest BCUT2D eigenvalue weighted by molar-refractivity contribution is -0.132. The van der Waals surface area contributed by atoms with Gasteiger partial charge < -0.3 is 23.7 Å². The third-order valence-electron chi connectivity index (χ3n) is 5.94. The second kappa shape index (κ2) is 8.72. The highest BCUT2D eigenvalue weighted by atomic mass is 32.1. The van der Waals surface area contributed by atoms with E-state index in [1.807, 2.05) is 13.0 Å². The lowest BCUT2D eigenvalue weighted by Gasteiger charge is -2.21. The van der Waals surface area contributed by atoms with E-state index in [0.29, 0.717) is 59.0 Å². The van der Waals surface area contributed by atoms with Crippen molar-refractivity contribution < 1.29 is 33.3 Å². The van der Waals surface area contributed by atoms with Crippen LogP contribution in [0.15, 0.2) is 64.8 Å². The number of carbonyl (C=O) groups excluding carboxylic acids is 2. The molecule has 1 atom stereocenters. The van der Waals surface area contributed by atoms with Crippen LogP contribution < -0.4 is 19.1 Å². The Morgan fingerprint density at radius 3 is 2.75 bits per heavy atom. The van der Waals surface area contributed by atoms with Crippen LogP contribution in [0, 0.1) is 0 Å². The van der Waals surface area contributed by atoms with Gasteiger partial charge in [-0.15, -0.1) is 0 Å². The molecule has 1 N–H and O–H groups in total. The van der Waals surface area contributed by atoms with Crippen molar-refractivity contribution in [1.29, 1.82) is 0 Å². The molecular weight excluding hydrogens is 484 g/mol. The van der Waals surface area contributed by atoms with Crippen molar-refractivity contribution in [3.05, 3.63) is 71.7 Å². The molecule has 0 bridgehead atoms. The average Bonchev–Trinajstić information content (AvgIpc) is 3.62. The van der Waals surface area contributed by atoms with E-state index in [9.17, 15) is 14.7 Å². The second-order valence-corrected chi connectivity index (χ2v) is 9.11. The smallest absolute Gasteiger partial charge is 0.302 e. The van der Waals surface area contributed by atoms with E-state index in [-0.39, 0.29) is 11.3 Å². The van der Waals surface area contributed by atoms with E-state index < -0.39 is 17.7 Å². The van der Waals surface area contributed by atoms with Crippen LogP contribution in [0.5, 0.6) is 17.2 Å². The fourth-order valence-electron chi connectivity index (χ4n) is 4.34. The van der Waals surface area contributed by atoms with E-state index >= 15 is 0 Å². The molecule has 9 nitrogen and oxygen atoms in total. The number of amides is 1. The van der Waals surface area contributed by atoms with Gasteiger partial charge in [0.1, 0.15) is 36.5 Å². The number of ketones is 1. The van der Waals surface area contributed by atoms with Crippen LogP contribution in [0.3, 0.4) is 0 Å². The Balaban J connectivity index is 1.48. The molecule has 0 spiro atoms. The summed E-state index contributed by atoms with van der Waals surface area (Å²) in [6.07, 6.45) is 1.45. The summed E-state index contributed by atoms with van der Waals surface area (Å²) < 4.78 is 23.1.